The lowest BCUT2D eigenvalue weighted by atomic mass is 10.1. The van der Waals surface area contributed by atoms with E-state index < -0.39 is 16.0 Å². The predicted octanol–water partition coefficient (Wildman–Crippen LogP) is 1.85. The van der Waals surface area contributed by atoms with Gasteiger partial charge in [0.2, 0.25) is 0 Å². The van der Waals surface area contributed by atoms with Crippen LogP contribution in [-0.2, 0) is 10.0 Å². The Kier molecular flexibility index (Phi) is 4.89. The third kappa shape index (κ3) is 3.72. The van der Waals surface area contributed by atoms with Crippen LogP contribution in [0.4, 0.5) is 5.69 Å². The minimum absolute atomic E-state index is 0.125. The van der Waals surface area contributed by atoms with Gasteiger partial charge in [-0.15, -0.1) is 0 Å². The summed E-state index contributed by atoms with van der Waals surface area (Å²) in [5.74, 6) is -1.56. The average Bonchev–Trinajstić information content (AvgIpc) is 2.53. The maximum Gasteiger partial charge on any atom is 0.335 e. The number of benzene rings is 2. The first-order valence-corrected chi connectivity index (χ1v) is 8.42. The maximum atomic E-state index is 12.5. The van der Waals surface area contributed by atoms with Crippen LogP contribution in [0.5, 0.6) is 0 Å². The molecule has 2 aromatic carbocycles. The van der Waals surface area contributed by atoms with Gasteiger partial charge in [0.05, 0.1) is 10.5 Å². The Morgan fingerprint density at radius 2 is 1.75 bits per heavy atom. The molecule has 8 heteroatoms. The Hall–Kier alpha value is -2.87. The fourth-order valence-electron chi connectivity index (χ4n) is 2.10. The Labute approximate surface area is 139 Å². The fraction of sp³-hybridized carbons (Fsp3) is 0.125. The molecule has 1 amide bonds. The summed E-state index contributed by atoms with van der Waals surface area (Å²) in [7, 11) is -2.52. The predicted molar refractivity (Wildman–Crippen MR) is 88.8 cm³/mol. The summed E-state index contributed by atoms with van der Waals surface area (Å²) in [6.45, 7) is 1.57. The number of carbonyl (C=O) groups is 2. The molecule has 0 bridgehead atoms. The highest BCUT2D eigenvalue weighted by Crippen LogP contribution is 2.21. The van der Waals surface area contributed by atoms with Crippen LogP contribution in [0.2, 0.25) is 0 Å². The van der Waals surface area contributed by atoms with Crippen molar-refractivity contribution < 1.29 is 23.1 Å². The topological polar surface area (TPSA) is 113 Å². The molecule has 2 rings (SSSR count). The van der Waals surface area contributed by atoms with E-state index in [0.717, 1.165) is 6.07 Å². The van der Waals surface area contributed by atoms with Crippen molar-refractivity contribution in [2.75, 3.05) is 11.8 Å². The van der Waals surface area contributed by atoms with E-state index in [1.807, 2.05) is 0 Å². The number of rotatable bonds is 5. The van der Waals surface area contributed by atoms with Gasteiger partial charge < -0.3 is 10.4 Å². The number of carboxylic acid groups (broad SMARTS) is 1. The molecule has 0 unspecified atom stereocenters. The second-order valence-electron chi connectivity index (χ2n) is 5.05. The van der Waals surface area contributed by atoms with E-state index >= 15 is 0 Å². The molecule has 0 heterocycles. The Morgan fingerprint density at radius 3 is 2.38 bits per heavy atom. The molecule has 0 spiro atoms. The highest BCUT2D eigenvalue weighted by molar-refractivity contribution is 7.92. The number of carboxylic acids is 1. The van der Waals surface area contributed by atoms with Crippen LogP contribution < -0.4 is 10.0 Å². The van der Waals surface area contributed by atoms with Crippen LogP contribution in [0.1, 0.15) is 26.3 Å². The van der Waals surface area contributed by atoms with Crippen molar-refractivity contribution in [3.8, 4) is 0 Å². The van der Waals surface area contributed by atoms with Crippen LogP contribution in [-0.4, -0.2) is 32.4 Å². The molecule has 0 saturated carbocycles. The third-order valence-electron chi connectivity index (χ3n) is 3.33. The molecular weight excluding hydrogens is 332 g/mol. The Morgan fingerprint density at radius 1 is 1.04 bits per heavy atom. The summed E-state index contributed by atoms with van der Waals surface area (Å²) in [5.41, 5.74) is 0.792. The smallest absolute Gasteiger partial charge is 0.335 e. The van der Waals surface area contributed by atoms with Crippen LogP contribution in [0, 0.1) is 6.92 Å². The lowest BCUT2D eigenvalue weighted by Crippen LogP contribution is -2.19. The van der Waals surface area contributed by atoms with Crippen molar-refractivity contribution in [3.05, 3.63) is 59.2 Å². The lowest BCUT2D eigenvalue weighted by molar-refractivity contribution is 0.0696. The van der Waals surface area contributed by atoms with Crippen molar-refractivity contribution in [3.63, 3.8) is 0 Å². The number of aromatic carboxylic acids is 1. The molecule has 0 aliphatic rings. The van der Waals surface area contributed by atoms with Crippen molar-refractivity contribution in [1.29, 1.82) is 0 Å². The molecule has 3 N–H and O–H groups in total. The lowest BCUT2D eigenvalue weighted by Gasteiger charge is -2.12. The van der Waals surface area contributed by atoms with Crippen LogP contribution in [0.3, 0.4) is 0 Å². The molecule has 0 saturated heterocycles. The molecule has 2 aromatic rings. The van der Waals surface area contributed by atoms with E-state index in [2.05, 4.69) is 10.0 Å². The van der Waals surface area contributed by atoms with E-state index in [1.54, 1.807) is 19.1 Å². The highest BCUT2D eigenvalue weighted by Gasteiger charge is 2.19. The fourth-order valence-corrected chi connectivity index (χ4v) is 3.42. The zero-order valence-corrected chi connectivity index (χ0v) is 13.8. The van der Waals surface area contributed by atoms with Crippen molar-refractivity contribution in [2.45, 2.75) is 11.8 Å². The monoisotopic (exact) mass is 348 g/mol. The maximum absolute atomic E-state index is 12.5. The number of nitrogens with one attached hydrogen (secondary N) is 2. The van der Waals surface area contributed by atoms with Crippen LogP contribution >= 0.6 is 0 Å². The van der Waals surface area contributed by atoms with Gasteiger partial charge in [0, 0.05) is 18.3 Å². The summed E-state index contributed by atoms with van der Waals surface area (Å²) in [4.78, 5) is 22.5. The average molecular weight is 348 g/mol. The largest absolute Gasteiger partial charge is 0.478 e. The summed E-state index contributed by atoms with van der Waals surface area (Å²) in [5, 5.41) is 11.5. The molecule has 126 valence electrons. The number of sulfonamides is 1. The van der Waals surface area contributed by atoms with Crippen LogP contribution in [0.25, 0.3) is 0 Å². The number of amides is 1. The first-order chi connectivity index (χ1) is 11.2. The summed E-state index contributed by atoms with van der Waals surface area (Å²) in [6, 6.07) is 9.85. The number of anilines is 1. The molecule has 0 aliphatic heterocycles. The molecule has 0 aliphatic carbocycles. The molecule has 0 fully saturated rings. The number of hydrogen-bond donors (Lipinski definition) is 3. The molecule has 24 heavy (non-hydrogen) atoms. The molecule has 7 nitrogen and oxygen atoms in total. The summed E-state index contributed by atoms with van der Waals surface area (Å²) < 4.78 is 27.4. The quantitative estimate of drug-likeness (QED) is 0.763. The minimum atomic E-state index is -3.99. The van der Waals surface area contributed by atoms with E-state index in [0.29, 0.717) is 11.1 Å². The zero-order valence-electron chi connectivity index (χ0n) is 13.0. The normalized spacial score (nSPS) is 10.9. The first kappa shape index (κ1) is 17.5. The number of hydrogen-bond acceptors (Lipinski definition) is 4. The Balaban J connectivity index is 2.41. The number of carbonyl (C=O) groups excluding carboxylic acids is 1. The standard InChI is InChI=1S/C16H16N2O5S/c1-10-6-7-12(16(20)21)9-14(10)24(22,23)18-13-5-3-4-11(8-13)15(19)17-2/h3-9,18H,1-2H3,(H,17,19)(H,20,21). The van der Waals surface area contributed by atoms with Gasteiger partial charge in [-0.25, -0.2) is 13.2 Å². The second kappa shape index (κ2) is 6.71. The third-order valence-corrected chi connectivity index (χ3v) is 4.85. The van der Waals surface area contributed by atoms with E-state index in [4.69, 9.17) is 5.11 Å². The van der Waals surface area contributed by atoms with Gasteiger partial charge in [-0.2, -0.15) is 0 Å². The van der Waals surface area contributed by atoms with E-state index in [-0.39, 0.29) is 22.1 Å². The van der Waals surface area contributed by atoms with E-state index in [9.17, 15) is 18.0 Å². The second-order valence-corrected chi connectivity index (χ2v) is 6.70. The number of aryl methyl sites for hydroxylation is 1. The van der Waals surface area contributed by atoms with Gasteiger partial charge in [-0.1, -0.05) is 12.1 Å². The molecule has 0 radical (unpaired) electrons. The first-order valence-electron chi connectivity index (χ1n) is 6.93. The van der Waals surface area contributed by atoms with Gasteiger partial charge in [0.1, 0.15) is 0 Å². The van der Waals surface area contributed by atoms with Gasteiger partial charge >= 0.3 is 5.97 Å². The van der Waals surface area contributed by atoms with Gasteiger partial charge in [-0.05, 0) is 42.8 Å². The van der Waals surface area contributed by atoms with Crippen LogP contribution in [0.15, 0.2) is 47.4 Å². The van der Waals surface area contributed by atoms with Gasteiger partial charge in [-0.3, -0.25) is 9.52 Å². The van der Waals surface area contributed by atoms with Gasteiger partial charge in [0.15, 0.2) is 0 Å². The van der Waals surface area contributed by atoms with Crippen molar-refractivity contribution >= 4 is 27.6 Å². The molecule has 0 aromatic heterocycles. The highest BCUT2D eigenvalue weighted by atomic mass is 32.2. The summed E-state index contributed by atoms with van der Waals surface area (Å²) >= 11 is 0. The van der Waals surface area contributed by atoms with Crippen molar-refractivity contribution in [1.82, 2.24) is 5.32 Å². The minimum Gasteiger partial charge on any atom is -0.478 e. The molecular formula is C16H16N2O5S. The SMILES string of the molecule is CNC(=O)c1cccc(NS(=O)(=O)c2cc(C(=O)O)ccc2C)c1. The Bertz CT molecular complexity index is 906. The summed E-state index contributed by atoms with van der Waals surface area (Å²) in [6.07, 6.45) is 0. The van der Waals surface area contributed by atoms with Crippen molar-refractivity contribution in [2.24, 2.45) is 0 Å². The van der Waals surface area contributed by atoms with Gasteiger partial charge in [0.25, 0.3) is 15.9 Å². The zero-order chi connectivity index (χ0) is 17.9. The molecule has 0 atom stereocenters. The van der Waals surface area contributed by atoms with E-state index in [1.165, 1.54) is 31.3 Å².